The number of hydrogen-bond acceptors (Lipinski definition) is 4. The van der Waals surface area contributed by atoms with Crippen LogP contribution in [0.5, 0.6) is 5.75 Å². The Hall–Kier alpha value is -2.66. The van der Waals surface area contributed by atoms with Crippen molar-refractivity contribution >= 4 is 12.7 Å². The van der Waals surface area contributed by atoms with E-state index in [0.717, 1.165) is 42.7 Å². The summed E-state index contributed by atoms with van der Waals surface area (Å²) in [5.41, 5.74) is 1.77. The SMILES string of the molecule is C=NC(=N)OCCCCCCCCCCCOc1ccc(C(O)c2ccccc2)cc1. The van der Waals surface area contributed by atoms with Crippen molar-refractivity contribution in [2.75, 3.05) is 13.2 Å². The van der Waals surface area contributed by atoms with Gasteiger partial charge in [0.25, 0.3) is 0 Å². The molecule has 0 amide bonds. The second kappa shape index (κ2) is 15.2. The number of nitrogens with zero attached hydrogens (tertiary/aromatic N) is 1. The van der Waals surface area contributed by atoms with Crippen molar-refractivity contribution in [2.24, 2.45) is 4.99 Å². The van der Waals surface area contributed by atoms with E-state index in [2.05, 4.69) is 11.7 Å². The summed E-state index contributed by atoms with van der Waals surface area (Å²) in [6, 6.07) is 17.3. The lowest BCUT2D eigenvalue weighted by atomic mass is 10.0. The Morgan fingerprint density at radius 1 is 0.774 bits per heavy atom. The van der Waals surface area contributed by atoms with Gasteiger partial charge in [-0.3, -0.25) is 0 Å². The van der Waals surface area contributed by atoms with E-state index < -0.39 is 6.10 Å². The molecule has 0 fully saturated rings. The first-order valence-electron chi connectivity index (χ1n) is 11.3. The van der Waals surface area contributed by atoms with E-state index in [-0.39, 0.29) is 6.02 Å². The van der Waals surface area contributed by atoms with Gasteiger partial charge >= 0.3 is 6.02 Å². The first-order chi connectivity index (χ1) is 15.2. The number of amidine groups is 1. The molecule has 168 valence electrons. The van der Waals surface area contributed by atoms with E-state index in [0.29, 0.717) is 6.61 Å². The molecule has 31 heavy (non-hydrogen) atoms. The number of unbranched alkanes of at least 4 members (excludes halogenated alkanes) is 8. The Kier molecular flexibility index (Phi) is 12.1. The lowest BCUT2D eigenvalue weighted by molar-refractivity contribution is 0.220. The molecule has 0 spiro atoms. The van der Waals surface area contributed by atoms with Crippen molar-refractivity contribution in [1.29, 1.82) is 5.41 Å². The topological polar surface area (TPSA) is 74.9 Å². The first-order valence-corrected chi connectivity index (χ1v) is 11.3. The molecule has 5 nitrogen and oxygen atoms in total. The molecule has 0 aliphatic heterocycles. The van der Waals surface area contributed by atoms with Crippen molar-refractivity contribution in [3.05, 3.63) is 65.7 Å². The van der Waals surface area contributed by atoms with Gasteiger partial charge in [0.15, 0.2) is 0 Å². The van der Waals surface area contributed by atoms with E-state index in [4.69, 9.17) is 14.9 Å². The van der Waals surface area contributed by atoms with Gasteiger partial charge in [-0.05, 0) is 42.8 Å². The third kappa shape index (κ3) is 10.3. The number of rotatable bonds is 15. The zero-order valence-electron chi connectivity index (χ0n) is 18.5. The van der Waals surface area contributed by atoms with Crippen LogP contribution in [-0.4, -0.2) is 31.1 Å². The van der Waals surface area contributed by atoms with Crippen LogP contribution in [0, 0.1) is 5.41 Å². The van der Waals surface area contributed by atoms with Crippen molar-refractivity contribution < 1.29 is 14.6 Å². The fourth-order valence-electron chi connectivity index (χ4n) is 3.42. The van der Waals surface area contributed by atoms with Crippen LogP contribution >= 0.6 is 0 Å². The third-order valence-electron chi connectivity index (χ3n) is 5.25. The second-order valence-corrected chi connectivity index (χ2v) is 7.72. The summed E-state index contributed by atoms with van der Waals surface area (Å²) >= 11 is 0. The average molecular weight is 425 g/mol. The second-order valence-electron chi connectivity index (χ2n) is 7.72. The van der Waals surface area contributed by atoms with Gasteiger partial charge in [0, 0.05) is 0 Å². The van der Waals surface area contributed by atoms with Gasteiger partial charge < -0.3 is 14.6 Å². The molecular formula is C26H36N2O3. The summed E-state index contributed by atoms with van der Waals surface area (Å²) in [4.78, 5) is 3.41. The number of benzene rings is 2. The molecule has 0 bridgehead atoms. The van der Waals surface area contributed by atoms with Crippen LogP contribution < -0.4 is 4.74 Å². The lowest BCUT2D eigenvalue weighted by Crippen LogP contribution is -2.01. The normalized spacial score (nSPS) is 11.6. The highest BCUT2D eigenvalue weighted by Gasteiger charge is 2.09. The monoisotopic (exact) mass is 424 g/mol. The standard InChI is InChI=1S/C26H36N2O3/c1-28-26(27)31-21-13-8-6-4-2-3-5-7-12-20-30-24-18-16-23(17-19-24)25(29)22-14-10-9-11-15-22/h9-11,14-19,25,27,29H,1-8,12-13,20-21H2. The van der Waals surface area contributed by atoms with Gasteiger partial charge in [-0.2, -0.15) is 0 Å². The number of aliphatic hydroxyl groups is 1. The van der Waals surface area contributed by atoms with Crippen LogP contribution in [0.1, 0.15) is 75.0 Å². The van der Waals surface area contributed by atoms with E-state index in [1.54, 1.807) is 0 Å². The van der Waals surface area contributed by atoms with E-state index in [9.17, 15) is 5.11 Å². The Bertz CT molecular complexity index is 747. The lowest BCUT2D eigenvalue weighted by Gasteiger charge is -2.12. The molecule has 1 atom stereocenters. The van der Waals surface area contributed by atoms with Crippen LogP contribution in [0.3, 0.4) is 0 Å². The van der Waals surface area contributed by atoms with Crippen molar-refractivity contribution in [2.45, 2.75) is 63.9 Å². The van der Waals surface area contributed by atoms with Crippen LogP contribution in [0.25, 0.3) is 0 Å². The van der Waals surface area contributed by atoms with Gasteiger partial charge in [0.05, 0.1) is 13.2 Å². The molecule has 0 saturated heterocycles. The Morgan fingerprint density at radius 2 is 1.29 bits per heavy atom. The van der Waals surface area contributed by atoms with Gasteiger partial charge in [-0.1, -0.05) is 87.4 Å². The molecule has 2 aromatic rings. The predicted molar refractivity (Wildman–Crippen MR) is 127 cm³/mol. The number of hydrogen-bond donors (Lipinski definition) is 2. The molecule has 0 aliphatic rings. The molecule has 5 heteroatoms. The fourth-order valence-corrected chi connectivity index (χ4v) is 3.42. The van der Waals surface area contributed by atoms with Crippen molar-refractivity contribution in [3.63, 3.8) is 0 Å². The highest BCUT2D eigenvalue weighted by molar-refractivity contribution is 5.75. The average Bonchev–Trinajstić information content (AvgIpc) is 2.82. The van der Waals surface area contributed by atoms with Gasteiger partial charge in [-0.25, -0.2) is 10.4 Å². The Labute approximate surface area is 186 Å². The van der Waals surface area contributed by atoms with Crippen LogP contribution in [0.2, 0.25) is 0 Å². The number of aliphatic hydroxyl groups excluding tert-OH is 1. The molecule has 2 rings (SSSR count). The molecule has 0 heterocycles. The molecule has 0 aromatic heterocycles. The summed E-state index contributed by atoms with van der Waals surface area (Å²) in [5.74, 6) is 0.854. The first kappa shape index (κ1) is 24.6. The zero-order chi connectivity index (χ0) is 22.2. The summed E-state index contributed by atoms with van der Waals surface area (Å²) in [6.45, 7) is 4.55. The molecule has 0 aliphatic carbocycles. The zero-order valence-corrected chi connectivity index (χ0v) is 18.5. The molecular weight excluding hydrogens is 388 g/mol. The summed E-state index contributed by atoms with van der Waals surface area (Å²) in [7, 11) is 0. The minimum atomic E-state index is -0.604. The largest absolute Gasteiger partial charge is 0.494 e. The number of ether oxygens (including phenoxy) is 2. The Morgan fingerprint density at radius 3 is 1.87 bits per heavy atom. The molecule has 2 aromatic carbocycles. The highest BCUT2D eigenvalue weighted by atomic mass is 16.5. The Balaban J connectivity index is 1.45. The maximum atomic E-state index is 10.4. The number of aliphatic imine (C=N–C) groups is 1. The molecule has 2 N–H and O–H groups in total. The fraction of sp³-hybridized carbons (Fsp3) is 0.462. The minimum absolute atomic E-state index is 0.0807. The van der Waals surface area contributed by atoms with E-state index in [1.165, 1.54) is 38.5 Å². The van der Waals surface area contributed by atoms with E-state index >= 15 is 0 Å². The third-order valence-corrected chi connectivity index (χ3v) is 5.25. The van der Waals surface area contributed by atoms with Crippen molar-refractivity contribution in [1.82, 2.24) is 0 Å². The minimum Gasteiger partial charge on any atom is -0.494 e. The van der Waals surface area contributed by atoms with Gasteiger partial charge in [0.2, 0.25) is 0 Å². The summed E-state index contributed by atoms with van der Waals surface area (Å²) < 4.78 is 10.9. The summed E-state index contributed by atoms with van der Waals surface area (Å²) in [6.07, 6.45) is 10.0. The highest BCUT2D eigenvalue weighted by Crippen LogP contribution is 2.23. The predicted octanol–water partition coefficient (Wildman–Crippen LogP) is 6.31. The molecule has 0 saturated carbocycles. The van der Waals surface area contributed by atoms with E-state index in [1.807, 2.05) is 54.6 Å². The molecule has 0 radical (unpaired) electrons. The van der Waals surface area contributed by atoms with Crippen LogP contribution in [0.4, 0.5) is 0 Å². The summed E-state index contributed by atoms with van der Waals surface area (Å²) in [5, 5.41) is 17.7. The maximum absolute atomic E-state index is 10.4. The van der Waals surface area contributed by atoms with Crippen LogP contribution in [0.15, 0.2) is 59.6 Å². The number of nitrogens with one attached hydrogen (secondary N) is 1. The van der Waals surface area contributed by atoms with Gasteiger partial charge in [-0.15, -0.1) is 0 Å². The maximum Gasteiger partial charge on any atom is 0.308 e. The molecule has 1 unspecified atom stereocenters. The van der Waals surface area contributed by atoms with Crippen molar-refractivity contribution in [3.8, 4) is 5.75 Å². The van der Waals surface area contributed by atoms with Crippen LogP contribution in [-0.2, 0) is 4.74 Å². The smallest absolute Gasteiger partial charge is 0.308 e. The quantitative estimate of drug-likeness (QED) is 0.200. The van der Waals surface area contributed by atoms with Gasteiger partial charge in [0.1, 0.15) is 11.9 Å².